The Kier molecular flexibility index (Phi) is 5.83. The predicted molar refractivity (Wildman–Crippen MR) is 100 cm³/mol. The van der Waals surface area contributed by atoms with Crippen LogP contribution >= 0.6 is 23.4 Å². The molecule has 0 atom stereocenters. The Labute approximate surface area is 156 Å². The number of benzene rings is 1. The van der Waals surface area contributed by atoms with Crippen LogP contribution in [0.1, 0.15) is 17.1 Å². The van der Waals surface area contributed by atoms with Crippen LogP contribution in [0.4, 0.5) is 0 Å². The van der Waals surface area contributed by atoms with Gasteiger partial charge in [-0.3, -0.25) is 0 Å². The Hall–Kier alpha value is -1.76. The summed E-state index contributed by atoms with van der Waals surface area (Å²) in [5.74, 6) is 1.48. The molecule has 0 saturated heterocycles. The molecule has 0 radical (unpaired) electrons. The standard InChI is InChI=1S/C18H20ClN3O2S/c1-12-13(2)22(8-9-23-3)18(20-12)25-11-16-10-17(21-24-16)14-4-6-15(19)7-5-14/h4-7,10H,8-9,11H2,1-3H3. The molecule has 1 aromatic carbocycles. The van der Waals surface area contributed by atoms with Crippen molar-refractivity contribution in [2.45, 2.75) is 31.3 Å². The Morgan fingerprint density at radius 1 is 1.24 bits per heavy atom. The molecule has 0 aliphatic rings. The first-order chi connectivity index (χ1) is 12.1. The Morgan fingerprint density at radius 3 is 2.72 bits per heavy atom. The molecule has 0 spiro atoms. The second-order valence-electron chi connectivity index (χ2n) is 5.68. The monoisotopic (exact) mass is 377 g/mol. The van der Waals surface area contributed by atoms with Crippen LogP contribution in [0.15, 0.2) is 40.0 Å². The van der Waals surface area contributed by atoms with Gasteiger partial charge < -0.3 is 13.8 Å². The molecule has 7 heteroatoms. The summed E-state index contributed by atoms with van der Waals surface area (Å²) in [4.78, 5) is 4.65. The third-order valence-electron chi connectivity index (χ3n) is 3.98. The molecule has 0 unspecified atom stereocenters. The number of aromatic nitrogens is 3. The highest BCUT2D eigenvalue weighted by molar-refractivity contribution is 7.98. The molecule has 0 bridgehead atoms. The maximum atomic E-state index is 5.92. The highest BCUT2D eigenvalue weighted by Gasteiger charge is 2.13. The van der Waals surface area contributed by atoms with E-state index in [0.29, 0.717) is 17.4 Å². The second-order valence-corrected chi connectivity index (χ2v) is 7.06. The highest BCUT2D eigenvalue weighted by atomic mass is 35.5. The molecule has 0 fully saturated rings. The first-order valence-corrected chi connectivity index (χ1v) is 9.32. The molecule has 3 rings (SSSR count). The normalized spacial score (nSPS) is 11.2. The lowest BCUT2D eigenvalue weighted by molar-refractivity contribution is 0.184. The topological polar surface area (TPSA) is 53.1 Å². The van der Waals surface area contributed by atoms with Crippen molar-refractivity contribution in [2.75, 3.05) is 13.7 Å². The Bertz CT molecular complexity index is 843. The minimum atomic E-state index is 0.660. The lowest BCUT2D eigenvalue weighted by Gasteiger charge is -2.08. The molecule has 0 saturated carbocycles. The van der Waals surface area contributed by atoms with Crippen LogP contribution < -0.4 is 0 Å². The molecule has 2 heterocycles. The van der Waals surface area contributed by atoms with Gasteiger partial charge in [0.2, 0.25) is 0 Å². The summed E-state index contributed by atoms with van der Waals surface area (Å²) in [6.07, 6.45) is 0. The van der Waals surface area contributed by atoms with E-state index in [2.05, 4.69) is 21.6 Å². The zero-order chi connectivity index (χ0) is 17.8. The van der Waals surface area contributed by atoms with Gasteiger partial charge in [-0.2, -0.15) is 0 Å². The van der Waals surface area contributed by atoms with Gasteiger partial charge in [-0.05, 0) is 26.0 Å². The van der Waals surface area contributed by atoms with E-state index in [0.717, 1.165) is 34.4 Å². The van der Waals surface area contributed by atoms with E-state index in [-0.39, 0.29) is 0 Å². The fourth-order valence-corrected chi connectivity index (χ4v) is 3.57. The molecular weight excluding hydrogens is 358 g/mol. The van der Waals surface area contributed by atoms with Gasteiger partial charge in [0.1, 0.15) is 11.5 Å². The maximum absolute atomic E-state index is 5.92. The fourth-order valence-electron chi connectivity index (χ4n) is 2.45. The van der Waals surface area contributed by atoms with Crippen LogP contribution in [0.5, 0.6) is 0 Å². The molecule has 0 N–H and O–H groups in total. The van der Waals surface area contributed by atoms with Gasteiger partial charge in [-0.1, -0.05) is 40.7 Å². The van der Waals surface area contributed by atoms with Crippen LogP contribution in [0.25, 0.3) is 11.3 Å². The number of hydrogen-bond donors (Lipinski definition) is 0. The van der Waals surface area contributed by atoms with Crippen molar-refractivity contribution in [1.29, 1.82) is 0 Å². The lowest BCUT2D eigenvalue weighted by Crippen LogP contribution is -2.07. The van der Waals surface area contributed by atoms with Crippen molar-refractivity contribution >= 4 is 23.4 Å². The molecule has 0 amide bonds. The smallest absolute Gasteiger partial charge is 0.168 e. The first kappa shape index (κ1) is 18.0. The number of halogens is 1. The number of aryl methyl sites for hydroxylation is 1. The molecule has 0 aliphatic carbocycles. The second kappa shape index (κ2) is 8.08. The van der Waals surface area contributed by atoms with Gasteiger partial charge in [0, 0.05) is 36.0 Å². The summed E-state index contributed by atoms with van der Waals surface area (Å²) in [5, 5.41) is 5.82. The number of ether oxygens (including phenoxy) is 1. The number of imidazole rings is 1. The van der Waals surface area contributed by atoms with Gasteiger partial charge >= 0.3 is 0 Å². The van der Waals surface area contributed by atoms with Crippen molar-refractivity contribution < 1.29 is 9.26 Å². The van der Waals surface area contributed by atoms with Crippen LogP contribution in [0.2, 0.25) is 5.02 Å². The first-order valence-electron chi connectivity index (χ1n) is 7.95. The van der Waals surface area contributed by atoms with Crippen molar-refractivity contribution in [3.63, 3.8) is 0 Å². The number of rotatable bonds is 7. The van der Waals surface area contributed by atoms with Crippen LogP contribution in [0, 0.1) is 13.8 Å². The molecule has 0 aliphatic heterocycles. The third-order valence-corrected chi connectivity index (χ3v) is 5.23. The van der Waals surface area contributed by atoms with Gasteiger partial charge in [0.05, 0.1) is 18.1 Å². The van der Waals surface area contributed by atoms with Crippen molar-refractivity contribution in [3.05, 3.63) is 52.5 Å². The van der Waals surface area contributed by atoms with Crippen LogP contribution in [-0.2, 0) is 17.0 Å². The zero-order valence-corrected chi connectivity index (χ0v) is 16.0. The molecule has 132 valence electrons. The molecular formula is C18H20ClN3O2S. The van der Waals surface area contributed by atoms with Gasteiger partial charge in [0.25, 0.3) is 0 Å². The number of nitrogens with zero attached hydrogens (tertiary/aromatic N) is 3. The van der Waals surface area contributed by atoms with Gasteiger partial charge in [0.15, 0.2) is 5.16 Å². The van der Waals surface area contributed by atoms with Gasteiger partial charge in [-0.15, -0.1) is 0 Å². The number of methoxy groups -OCH3 is 1. The van der Waals surface area contributed by atoms with Crippen LogP contribution in [-0.4, -0.2) is 28.4 Å². The van der Waals surface area contributed by atoms with Crippen LogP contribution in [0.3, 0.4) is 0 Å². The van der Waals surface area contributed by atoms with E-state index in [1.54, 1.807) is 18.9 Å². The maximum Gasteiger partial charge on any atom is 0.168 e. The van der Waals surface area contributed by atoms with E-state index in [1.807, 2.05) is 37.3 Å². The van der Waals surface area contributed by atoms with Crippen molar-refractivity contribution in [3.8, 4) is 11.3 Å². The highest BCUT2D eigenvalue weighted by Crippen LogP contribution is 2.27. The summed E-state index contributed by atoms with van der Waals surface area (Å²) >= 11 is 7.56. The molecule has 3 aromatic rings. The predicted octanol–water partition coefficient (Wildman–Crippen LogP) is 4.75. The zero-order valence-electron chi connectivity index (χ0n) is 14.5. The summed E-state index contributed by atoms with van der Waals surface area (Å²) in [6, 6.07) is 9.51. The van der Waals surface area contributed by atoms with E-state index in [1.165, 1.54) is 5.69 Å². The SMILES string of the molecule is COCCn1c(SCc2cc(-c3ccc(Cl)cc3)no2)nc(C)c1C. The third kappa shape index (κ3) is 4.26. The fraction of sp³-hybridized carbons (Fsp3) is 0.333. The molecule has 25 heavy (non-hydrogen) atoms. The minimum Gasteiger partial charge on any atom is -0.383 e. The minimum absolute atomic E-state index is 0.660. The Morgan fingerprint density at radius 2 is 2.00 bits per heavy atom. The largest absolute Gasteiger partial charge is 0.383 e. The van der Waals surface area contributed by atoms with Crippen molar-refractivity contribution in [1.82, 2.24) is 14.7 Å². The quantitative estimate of drug-likeness (QED) is 0.556. The molecule has 2 aromatic heterocycles. The van der Waals surface area contributed by atoms with Gasteiger partial charge in [-0.25, -0.2) is 4.98 Å². The summed E-state index contributed by atoms with van der Waals surface area (Å²) in [5.41, 5.74) is 4.00. The van der Waals surface area contributed by atoms with E-state index in [9.17, 15) is 0 Å². The molecule has 5 nitrogen and oxygen atoms in total. The Balaban J connectivity index is 1.70. The lowest BCUT2D eigenvalue weighted by atomic mass is 10.1. The summed E-state index contributed by atoms with van der Waals surface area (Å²) in [7, 11) is 1.71. The van der Waals surface area contributed by atoms with E-state index < -0.39 is 0 Å². The summed E-state index contributed by atoms with van der Waals surface area (Å²) in [6.45, 7) is 5.55. The average Bonchev–Trinajstić information content (AvgIpc) is 3.18. The number of hydrogen-bond acceptors (Lipinski definition) is 5. The summed E-state index contributed by atoms with van der Waals surface area (Å²) < 4.78 is 12.8. The van der Waals surface area contributed by atoms with Crippen molar-refractivity contribution in [2.24, 2.45) is 0 Å². The van der Waals surface area contributed by atoms with E-state index >= 15 is 0 Å². The average molecular weight is 378 g/mol. The number of thioether (sulfide) groups is 1. The van der Waals surface area contributed by atoms with E-state index in [4.69, 9.17) is 20.9 Å².